The fraction of sp³-hybridized carbons (Fsp3) is 0.235. The first kappa shape index (κ1) is 17.3. The highest BCUT2D eigenvalue weighted by Crippen LogP contribution is 2.26. The number of benzene rings is 2. The maximum atomic E-state index is 11.7. The monoisotopic (exact) mass is 335 g/mol. The normalized spacial score (nSPS) is 13.2. The molecule has 0 aromatic heterocycles. The van der Waals surface area contributed by atoms with Crippen LogP contribution < -0.4 is 10.1 Å². The Morgan fingerprint density at radius 1 is 1.26 bits per heavy atom. The Labute approximate surface area is 139 Å². The summed E-state index contributed by atoms with van der Waals surface area (Å²) < 4.78 is 5.10. The summed E-state index contributed by atoms with van der Waals surface area (Å²) in [4.78, 5) is 11.7. The number of anilines is 1. The Bertz CT molecular complexity index is 660. The lowest BCUT2D eigenvalue weighted by atomic mass is 9.98. The number of carbonyl (C=O) groups is 1. The molecule has 2 aromatic carbocycles. The maximum Gasteiger partial charge on any atom is 0.188 e. The van der Waals surface area contributed by atoms with Gasteiger partial charge < -0.3 is 20.3 Å². The highest BCUT2D eigenvalue weighted by atomic mass is 35.5. The summed E-state index contributed by atoms with van der Waals surface area (Å²) in [5.74, 6) is 0.0258. The van der Waals surface area contributed by atoms with Crippen molar-refractivity contribution in [3.8, 4) is 5.75 Å². The standard InChI is InChI=1S/C17H18ClNO4/c1-23-14-7-5-13(6-8-14)19-16(17(22)15(21)10-20)11-3-2-4-12(18)9-11/h2-9,16-17,19-20,22H,10H2,1H3/t16-,17+/m1/s1. The molecule has 0 saturated carbocycles. The van der Waals surface area contributed by atoms with Crippen molar-refractivity contribution in [2.75, 3.05) is 19.0 Å². The molecule has 0 unspecified atom stereocenters. The first-order valence-electron chi connectivity index (χ1n) is 7.03. The maximum absolute atomic E-state index is 11.7. The van der Waals surface area contributed by atoms with E-state index in [4.69, 9.17) is 21.4 Å². The van der Waals surface area contributed by atoms with Crippen molar-refractivity contribution in [2.24, 2.45) is 0 Å². The summed E-state index contributed by atoms with van der Waals surface area (Å²) >= 11 is 5.99. The van der Waals surface area contributed by atoms with Gasteiger partial charge in [-0.1, -0.05) is 23.7 Å². The summed E-state index contributed by atoms with van der Waals surface area (Å²) in [7, 11) is 1.57. The van der Waals surface area contributed by atoms with Gasteiger partial charge in [-0.15, -0.1) is 0 Å². The van der Waals surface area contributed by atoms with Gasteiger partial charge in [0.15, 0.2) is 5.78 Å². The van der Waals surface area contributed by atoms with Gasteiger partial charge in [-0.05, 0) is 42.0 Å². The number of aliphatic hydroxyl groups is 2. The Kier molecular flexibility index (Phi) is 5.98. The number of halogens is 1. The van der Waals surface area contributed by atoms with Crippen molar-refractivity contribution in [2.45, 2.75) is 12.1 Å². The molecule has 6 heteroatoms. The van der Waals surface area contributed by atoms with E-state index in [1.54, 1.807) is 55.6 Å². The number of hydrogen-bond acceptors (Lipinski definition) is 5. The lowest BCUT2D eigenvalue weighted by Crippen LogP contribution is -2.34. The number of rotatable bonds is 7. The first-order valence-corrected chi connectivity index (χ1v) is 7.40. The van der Waals surface area contributed by atoms with Gasteiger partial charge in [0.1, 0.15) is 18.5 Å². The molecule has 0 fully saturated rings. The van der Waals surface area contributed by atoms with Crippen molar-refractivity contribution in [3.63, 3.8) is 0 Å². The molecule has 122 valence electrons. The van der Waals surface area contributed by atoms with Gasteiger partial charge in [-0.25, -0.2) is 0 Å². The lowest BCUT2D eigenvalue weighted by molar-refractivity contribution is -0.130. The molecular weight excluding hydrogens is 318 g/mol. The van der Waals surface area contributed by atoms with E-state index in [0.29, 0.717) is 22.0 Å². The molecule has 2 atom stereocenters. The van der Waals surface area contributed by atoms with E-state index >= 15 is 0 Å². The summed E-state index contributed by atoms with van der Waals surface area (Å²) in [5.41, 5.74) is 1.34. The zero-order valence-corrected chi connectivity index (χ0v) is 13.3. The number of nitrogens with one attached hydrogen (secondary N) is 1. The minimum atomic E-state index is -1.40. The van der Waals surface area contributed by atoms with Gasteiger partial charge >= 0.3 is 0 Å². The van der Waals surface area contributed by atoms with Gasteiger partial charge in [0, 0.05) is 10.7 Å². The quantitative estimate of drug-likeness (QED) is 0.724. The SMILES string of the molecule is COc1ccc(N[C@H](c2cccc(Cl)c2)[C@@H](O)C(=O)CO)cc1. The van der Waals surface area contributed by atoms with E-state index < -0.39 is 24.5 Å². The molecule has 0 bridgehead atoms. The van der Waals surface area contributed by atoms with E-state index in [1.807, 2.05) is 0 Å². The average molecular weight is 336 g/mol. The highest BCUT2D eigenvalue weighted by molar-refractivity contribution is 6.30. The summed E-state index contributed by atoms with van der Waals surface area (Å²) in [6, 6.07) is 13.2. The molecule has 2 aromatic rings. The number of ketones is 1. The third-order valence-corrected chi connectivity index (χ3v) is 3.66. The molecule has 0 aliphatic carbocycles. The highest BCUT2D eigenvalue weighted by Gasteiger charge is 2.27. The minimum Gasteiger partial charge on any atom is -0.497 e. The summed E-state index contributed by atoms with van der Waals surface area (Å²) in [6.07, 6.45) is -1.40. The van der Waals surface area contributed by atoms with Crippen molar-refractivity contribution in [1.82, 2.24) is 0 Å². The molecular formula is C17H18ClNO4. The fourth-order valence-electron chi connectivity index (χ4n) is 2.19. The molecule has 0 radical (unpaired) electrons. The number of Topliss-reactive ketones (excluding diaryl/α,β-unsaturated/α-hetero) is 1. The number of methoxy groups -OCH3 is 1. The second kappa shape index (κ2) is 7.97. The molecule has 23 heavy (non-hydrogen) atoms. The Morgan fingerprint density at radius 2 is 1.96 bits per heavy atom. The predicted molar refractivity (Wildman–Crippen MR) is 88.9 cm³/mol. The summed E-state index contributed by atoms with van der Waals surface area (Å²) in [6.45, 7) is -0.734. The molecule has 2 rings (SSSR count). The topological polar surface area (TPSA) is 78.8 Å². The average Bonchev–Trinajstić information content (AvgIpc) is 2.58. The first-order chi connectivity index (χ1) is 11.0. The predicted octanol–water partition coefficient (Wildman–Crippen LogP) is 2.42. The van der Waals surface area contributed by atoms with Crippen molar-refractivity contribution >= 4 is 23.1 Å². The van der Waals surface area contributed by atoms with Crippen molar-refractivity contribution in [1.29, 1.82) is 0 Å². The third-order valence-electron chi connectivity index (χ3n) is 3.42. The van der Waals surface area contributed by atoms with Crippen molar-refractivity contribution < 1.29 is 19.7 Å². The molecule has 0 heterocycles. The van der Waals surface area contributed by atoms with Crippen LogP contribution in [0.5, 0.6) is 5.75 Å². The molecule has 0 amide bonds. The number of aliphatic hydroxyl groups excluding tert-OH is 2. The van der Waals surface area contributed by atoms with Crippen LogP contribution in [0.4, 0.5) is 5.69 Å². The van der Waals surface area contributed by atoms with Crippen LogP contribution >= 0.6 is 11.6 Å². The van der Waals surface area contributed by atoms with E-state index in [0.717, 1.165) is 0 Å². The molecule has 0 saturated heterocycles. The number of hydrogen-bond donors (Lipinski definition) is 3. The molecule has 0 aliphatic heterocycles. The van der Waals surface area contributed by atoms with Crippen molar-refractivity contribution in [3.05, 3.63) is 59.1 Å². The number of carbonyl (C=O) groups excluding carboxylic acids is 1. The van der Waals surface area contributed by atoms with Crippen LogP contribution in [0.1, 0.15) is 11.6 Å². The van der Waals surface area contributed by atoms with Crippen LogP contribution in [0.2, 0.25) is 5.02 Å². The second-order valence-electron chi connectivity index (χ2n) is 4.97. The molecule has 5 nitrogen and oxygen atoms in total. The van der Waals surface area contributed by atoms with Crippen LogP contribution in [-0.2, 0) is 4.79 Å². The Balaban J connectivity index is 2.30. The number of ether oxygens (including phenoxy) is 1. The van der Waals surface area contributed by atoms with Crippen LogP contribution in [0.3, 0.4) is 0 Å². The van der Waals surface area contributed by atoms with Gasteiger partial charge in [0.25, 0.3) is 0 Å². The largest absolute Gasteiger partial charge is 0.497 e. The zero-order valence-electron chi connectivity index (χ0n) is 12.6. The van der Waals surface area contributed by atoms with E-state index in [1.165, 1.54) is 0 Å². The second-order valence-corrected chi connectivity index (χ2v) is 5.41. The fourth-order valence-corrected chi connectivity index (χ4v) is 2.39. The van der Waals surface area contributed by atoms with Crippen LogP contribution in [0.15, 0.2) is 48.5 Å². The van der Waals surface area contributed by atoms with Crippen LogP contribution in [-0.4, -0.2) is 35.8 Å². The molecule has 0 spiro atoms. The third kappa shape index (κ3) is 4.45. The smallest absolute Gasteiger partial charge is 0.188 e. The van der Waals surface area contributed by atoms with Gasteiger partial charge in [-0.2, -0.15) is 0 Å². The summed E-state index contributed by atoms with van der Waals surface area (Å²) in [5, 5.41) is 22.8. The van der Waals surface area contributed by atoms with E-state index in [9.17, 15) is 9.90 Å². The van der Waals surface area contributed by atoms with E-state index in [-0.39, 0.29) is 0 Å². The van der Waals surface area contributed by atoms with E-state index in [2.05, 4.69) is 5.32 Å². The Hall–Kier alpha value is -2.08. The van der Waals surface area contributed by atoms with Crippen LogP contribution in [0, 0.1) is 0 Å². The zero-order chi connectivity index (χ0) is 16.8. The lowest BCUT2D eigenvalue weighted by Gasteiger charge is -2.24. The molecule has 3 N–H and O–H groups in total. The molecule has 0 aliphatic rings. The Morgan fingerprint density at radius 3 is 2.52 bits per heavy atom. The minimum absolute atomic E-state index is 0.493. The van der Waals surface area contributed by atoms with Gasteiger partial charge in [-0.3, -0.25) is 4.79 Å². The van der Waals surface area contributed by atoms with Gasteiger partial charge in [0.2, 0.25) is 0 Å². The van der Waals surface area contributed by atoms with Crippen LogP contribution in [0.25, 0.3) is 0 Å². The van der Waals surface area contributed by atoms with Gasteiger partial charge in [0.05, 0.1) is 13.2 Å².